The van der Waals surface area contributed by atoms with Crippen LogP contribution in [0.4, 0.5) is 10.9 Å². The lowest BCUT2D eigenvalue weighted by atomic mass is 10.3. The second-order valence-corrected chi connectivity index (χ2v) is 6.57. The van der Waals surface area contributed by atoms with Crippen molar-refractivity contribution >= 4 is 34.2 Å². The highest BCUT2D eigenvalue weighted by atomic mass is 32.1. The quantitative estimate of drug-likeness (QED) is 0.789. The van der Waals surface area contributed by atoms with E-state index in [9.17, 15) is 9.59 Å². The van der Waals surface area contributed by atoms with Crippen molar-refractivity contribution in [2.75, 3.05) is 42.9 Å². The van der Waals surface area contributed by atoms with Gasteiger partial charge in [-0.25, -0.2) is 9.97 Å². The van der Waals surface area contributed by atoms with Gasteiger partial charge in [0.25, 0.3) is 0 Å². The Labute approximate surface area is 149 Å². The van der Waals surface area contributed by atoms with Crippen LogP contribution < -0.4 is 10.2 Å². The largest absolute Gasteiger partial charge is 0.481 e. The van der Waals surface area contributed by atoms with Crippen molar-refractivity contribution in [3.63, 3.8) is 0 Å². The molecule has 8 nitrogen and oxygen atoms in total. The molecule has 0 spiro atoms. The molecule has 1 amide bonds. The van der Waals surface area contributed by atoms with Crippen molar-refractivity contribution in [1.29, 1.82) is 0 Å². The number of carbonyl (C=O) groups is 2. The number of carbonyl (C=O) groups excluding carboxylic acids is 1. The SMILES string of the molecule is O=C(O)Cc1csc(NC(=O)CN2CCN(c3ccccn3)CC2)n1. The summed E-state index contributed by atoms with van der Waals surface area (Å²) in [7, 11) is 0. The van der Waals surface area contributed by atoms with E-state index in [1.54, 1.807) is 11.6 Å². The predicted molar refractivity (Wildman–Crippen MR) is 95.0 cm³/mol. The average Bonchev–Trinajstić information content (AvgIpc) is 3.02. The van der Waals surface area contributed by atoms with E-state index in [4.69, 9.17) is 5.11 Å². The van der Waals surface area contributed by atoms with Gasteiger partial charge in [0.15, 0.2) is 5.13 Å². The summed E-state index contributed by atoms with van der Waals surface area (Å²) in [6.45, 7) is 3.51. The normalized spacial score (nSPS) is 15.1. The van der Waals surface area contributed by atoms with Gasteiger partial charge in [0, 0.05) is 37.8 Å². The van der Waals surface area contributed by atoms with Gasteiger partial charge in [0.05, 0.1) is 18.7 Å². The second kappa shape index (κ2) is 8.04. The lowest BCUT2D eigenvalue weighted by Gasteiger charge is -2.34. The molecule has 0 saturated carbocycles. The van der Waals surface area contributed by atoms with Crippen LogP contribution in [0.15, 0.2) is 29.8 Å². The number of amides is 1. The number of hydrogen-bond donors (Lipinski definition) is 2. The van der Waals surface area contributed by atoms with Gasteiger partial charge in [0.2, 0.25) is 5.91 Å². The first-order valence-electron chi connectivity index (χ1n) is 7.94. The zero-order valence-corrected chi connectivity index (χ0v) is 14.4. The Morgan fingerprint density at radius 2 is 2.04 bits per heavy atom. The summed E-state index contributed by atoms with van der Waals surface area (Å²) in [4.78, 5) is 35.5. The zero-order valence-electron chi connectivity index (χ0n) is 13.6. The van der Waals surface area contributed by atoms with Crippen LogP contribution in [-0.4, -0.2) is 64.6 Å². The summed E-state index contributed by atoms with van der Waals surface area (Å²) in [6.07, 6.45) is 1.64. The molecule has 0 aromatic carbocycles. The van der Waals surface area contributed by atoms with Gasteiger partial charge in [-0.05, 0) is 12.1 Å². The van der Waals surface area contributed by atoms with E-state index in [2.05, 4.69) is 25.1 Å². The maximum absolute atomic E-state index is 12.1. The number of thiazole rings is 1. The van der Waals surface area contributed by atoms with Crippen molar-refractivity contribution in [3.05, 3.63) is 35.5 Å². The van der Waals surface area contributed by atoms with Gasteiger partial charge >= 0.3 is 5.97 Å². The third kappa shape index (κ3) is 4.97. The van der Waals surface area contributed by atoms with Crippen LogP contribution in [0.2, 0.25) is 0 Å². The zero-order chi connectivity index (χ0) is 17.6. The van der Waals surface area contributed by atoms with Gasteiger partial charge in [-0.3, -0.25) is 14.5 Å². The fourth-order valence-corrected chi connectivity index (χ4v) is 3.36. The third-order valence-electron chi connectivity index (χ3n) is 3.84. The fraction of sp³-hybridized carbons (Fsp3) is 0.375. The molecule has 2 aromatic rings. The number of rotatable bonds is 6. The van der Waals surface area contributed by atoms with Gasteiger partial charge in [0.1, 0.15) is 5.82 Å². The van der Waals surface area contributed by atoms with Crippen molar-refractivity contribution < 1.29 is 14.7 Å². The summed E-state index contributed by atoms with van der Waals surface area (Å²) in [5.41, 5.74) is 0.455. The van der Waals surface area contributed by atoms with E-state index in [-0.39, 0.29) is 12.3 Å². The lowest BCUT2D eigenvalue weighted by molar-refractivity contribution is -0.136. The van der Waals surface area contributed by atoms with Crippen molar-refractivity contribution in [2.24, 2.45) is 0 Å². The predicted octanol–water partition coefficient (Wildman–Crippen LogP) is 0.926. The number of pyridine rings is 1. The molecule has 2 N–H and O–H groups in total. The summed E-state index contributed by atoms with van der Waals surface area (Å²) >= 11 is 1.24. The molecule has 25 heavy (non-hydrogen) atoms. The minimum absolute atomic E-state index is 0.137. The molecule has 1 aliphatic heterocycles. The van der Waals surface area contributed by atoms with E-state index in [0.717, 1.165) is 32.0 Å². The number of nitrogens with one attached hydrogen (secondary N) is 1. The van der Waals surface area contributed by atoms with Crippen LogP contribution in [-0.2, 0) is 16.0 Å². The molecule has 1 aliphatic rings. The molecule has 2 aromatic heterocycles. The molecule has 9 heteroatoms. The van der Waals surface area contributed by atoms with Crippen LogP contribution >= 0.6 is 11.3 Å². The Bertz CT molecular complexity index is 728. The molecule has 0 aliphatic carbocycles. The van der Waals surface area contributed by atoms with Crippen LogP contribution in [0.1, 0.15) is 5.69 Å². The molecule has 3 heterocycles. The number of aromatic nitrogens is 2. The van der Waals surface area contributed by atoms with Crippen molar-refractivity contribution in [3.8, 4) is 0 Å². The first kappa shape index (κ1) is 17.3. The van der Waals surface area contributed by atoms with Crippen molar-refractivity contribution in [1.82, 2.24) is 14.9 Å². The molecule has 1 saturated heterocycles. The number of anilines is 2. The summed E-state index contributed by atoms with van der Waals surface area (Å²) in [5.74, 6) is -0.114. The van der Waals surface area contributed by atoms with Crippen molar-refractivity contribution in [2.45, 2.75) is 6.42 Å². The van der Waals surface area contributed by atoms with Gasteiger partial charge in [-0.15, -0.1) is 11.3 Å². The summed E-state index contributed by atoms with van der Waals surface area (Å²) < 4.78 is 0. The van der Waals surface area contributed by atoms with E-state index in [1.165, 1.54) is 11.3 Å². The van der Waals surface area contributed by atoms with Crippen LogP contribution in [0.5, 0.6) is 0 Å². The maximum Gasteiger partial charge on any atom is 0.309 e. The minimum Gasteiger partial charge on any atom is -0.481 e. The molecule has 0 bridgehead atoms. The number of aliphatic carboxylic acids is 1. The molecular weight excluding hydrogens is 342 g/mol. The average molecular weight is 361 g/mol. The first-order valence-corrected chi connectivity index (χ1v) is 8.82. The van der Waals surface area contributed by atoms with E-state index >= 15 is 0 Å². The monoisotopic (exact) mass is 361 g/mol. The van der Waals surface area contributed by atoms with E-state index < -0.39 is 5.97 Å². The smallest absolute Gasteiger partial charge is 0.309 e. The third-order valence-corrected chi connectivity index (χ3v) is 4.65. The van der Waals surface area contributed by atoms with Crippen LogP contribution in [0.25, 0.3) is 0 Å². The van der Waals surface area contributed by atoms with Gasteiger partial charge in [-0.1, -0.05) is 6.07 Å². The fourth-order valence-electron chi connectivity index (χ4n) is 2.64. The van der Waals surface area contributed by atoms with Crippen LogP contribution in [0.3, 0.4) is 0 Å². The molecule has 132 valence electrons. The van der Waals surface area contributed by atoms with Gasteiger partial charge < -0.3 is 15.3 Å². The topological polar surface area (TPSA) is 98.7 Å². The van der Waals surface area contributed by atoms with Gasteiger partial charge in [-0.2, -0.15) is 0 Å². The molecule has 0 unspecified atom stereocenters. The second-order valence-electron chi connectivity index (χ2n) is 5.71. The maximum atomic E-state index is 12.1. The molecule has 1 fully saturated rings. The van der Waals surface area contributed by atoms with E-state index in [1.807, 2.05) is 18.2 Å². The number of carboxylic acid groups (broad SMARTS) is 1. The first-order chi connectivity index (χ1) is 12.1. The standard InChI is InChI=1S/C16H19N5O3S/c22-14(19-16-18-12(11-25-16)9-15(23)24)10-20-5-7-21(8-6-20)13-3-1-2-4-17-13/h1-4,11H,5-10H2,(H,23,24)(H,18,19,22). The number of hydrogen-bond acceptors (Lipinski definition) is 7. The number of piperazine rings is 1. The minimum atomic E-state index is -0.936. The highest BCUT2D eigenvalue weighted by molar-refractivity contribution is 7.13. The molecule has 0 atom stereocenters. The van der Waals surface area contributed by atoms with E-state index in [0.29, 0.717) is 17.4 Å². The highest BCUT2D eigenvalue weighted by Crippen LogP contribution is 2.16. The molecular formula is C16H19N5O3S. The summed E-state index contributed by atoms with van der Waals surface area (Å²) in [5, 5.41) is 13.6. The molecule has 0 radical (unpaired) electrons. The number of nitrogens with zero attached hydrogens (tertiary/aromatic N) is 4. The van der Waals surface area contributed by atoms with Crippen LogP contribution in [0, 0.1) is 0 Å². The number of carboxylic acids is 1. The summed E-state index contributed by atoms with van der Waals surface area (Å²) in [6, 6.07) is 5.85. The Balaban J connectivity index is 1.45. The molecule has 3 rings (SSSR count). The lowest BCUT2D eigenvalue weighted by Crippen LogP contribution is -2.48. The Morgan fingerprint density at radius 1 is 1.24 bits per heavy atom. The Morgan fingerprint density at radius 3 is 2.72 bits per heavy atom. The Kier molecular flexibility index (Phi) is 5.56. The highest BCUT2D eigenvalue weighted by Gasteiger charge is 2.20. The Hall–Kier alpha value is -2.52.